The van der Waals surface area contributed by atoms with Crippen molar-refractivity contribution in [2.75, 3.05) is 12.3 Å². The SMILES string of the molecule is Nc1ncnc2c1ncn2[C@@H]1O[C@H](COP([O-])(=S)OP(=O)([O-])OP(=O)([O-])O)[C@@H](O)[C@H]1O.[Na+].[Na+].[Na+]. The summed E-state index contributed by atoms with van der Waals surface area (Å²) >= 11 is 4.31. The number of imidazole rings is 1. The fraction of sp³-hybridized carbons (Fsp3) is 0.500. The zero-order valence-corrected chi connectivity index (χ0v) is 27.3. The predicted molar refractivity (Wildman–Crippen MR) is 95.5 cm³/mol. The number of aliphatic hydroxyl groups excluding tert-OH is 2. The van der Waals surface area contributed by atoms with Crippen LogP contribution in [0.25, 0.3) is 11.2 Å². The smallest absolute Gasteiger partial charge is 0.779 e. The first-order chi connectivity index (χ1) is 14.2. The molecule has 0 radical (unpaired) electrons. The molecule has 1 fully saturated rings. The van der Waals surface area contributed by atoms with Crippen LogP contribution in [0.3, 0.4) is 0 Å². The van der Waals surface area contributed by atoms with Gasteiger partial charge in [-0.1, -0.05) is 11.8 Å². The first kappa shape index (κ1) is 36.1. The van der Waals surface area contributed by atoms with E-state index >= 15 is 0 Å². The van der Waals surface area contributed by atoms with Gasteiger partial charge in [-0.3, -0.25) is 18.0 Å². The van der Waals surface area contributed by atoms with Gasteiger partial charge in [0.15, 0.2) is 17.7 Å². The van der Waals surface area contributed by atoms with Crippen molar-refractivity contribution in [3.8, 4) is 0 Å². The summed E-state index contributed by atoms with van der Waals surface area (Å²) in [6.07, 6.45) is -3.51. The van der Waals surface area contributed by atoms with Gasteiger partial charge in [-0.05, 0) is 0 Å². The maximum Gasteiger partial charge on any atom is 1.00 e. The van der Waals surface area contributed by atoms with E-state index in [0.29, 0.717) is 0 Å². The van der Waals surface area contributed by atoms with Crippen molar-refractivity contribution in [3.05, 3.63) is 12.7 Å². The first-order valence-electron chi connectivity index (χ1n) is 7.87. The summed E-state index contributed by atoms with van der Waals surface area (Å²) in [5.41, 5.74) is 6.04. The van der Waals surface area contributed by atoms with Crippen LogP contribution in [-0.4, -0.2) is 59.5 Å². The minimum absolute atomic E-state index is 0. The molecule has 0 aliphatic carbocycles. The molecule has 0 bridgehead atoms. The van der Waals surface area contributed by atoms with E-state index in [1.165, 1.54) is 10.9 Å². The van der Waals surface area contributed by atoms with Crippen LogP contribution in [0.1, 0.15) is 6.23 Å². The molecule has 1 saturated heterocycles. The van der Waals surface area contributed by atoms with Gasteiger partial charge < -0.3 is 44.8 Å². The summed E-state index contributed by atoms with van der Waals surface area (Å²) in [7, 11) is -11.7. The molecule has 7 atom stereocenters. The van der Waals surface area contributed by atoms with E-state index in [9.17, 15) is 34.0 Å². The maximum absolute atomic E-state index is 12.0. The number of anilines is 1. The second-order valence-electron chi connectivity index (χ2n) is 5.95. The molecule has 3 heterocycles. The molecule has 0 saturated carbocycles. The third kappa shape index (κ3) is 9.36. The van der Waals surface area contributed by atoms with Crippen molar-refractivity contribution < 1.29 is 145 Å². The van der Waals surface area contributed by atoms with Gasteiger partial charge in [-0.15, -0.1) is 0 Å². The summed E-state index contributed by atoms with van der Waals surface area (Å²) in [5, 5.41) is 20.5. The number of hydrogen-bond acceptors (Lipinski definition) is 16. The standard InChI is InChI=1S/C10H16N5O12P3S.3Na/c11-8-5-9(13-2-12-8)15(3-14-5)10-7(17)6(16)4(25-10)1-24-30(23,31)27-29(21,22)26-28(18,19)20;;;/h2-4,6-7,10,16-17H,1H2,(H,21,22)(H,23,31)(H2,11,12,13)(H2,18,19,20);;;/q;3*+1/p-3/t4-,6-,7-,10-,30?;;;/m1.../s1. The molecule has 17 nitrogen and oxygen atoms in total. The Morgan fingerprint density at radius 2 is 1.74 bits per heavy atom. The van der Waals surface area contributed by atoms with E-state index in [2.05, 4.69) is 39.9 Å². The van der Waals surface area contributed by atoms with Crippen LogP contribution in [0.4, 0.5) is 5.82 Å². The molecular weight excluding hydrogens is 576 g/mol. The molecule has 1 aliphatic heterocycles. The van der Waals surface area contributed by atoms with Crippen molar-refractivity contribution in [2.45, 2.75) is 24.5 Å². The van der Waals surface area contributed by atoms with E-state index in [4.69, 9.17) is 15.4 Å². The van der Waals surface area contributed by atoms with Gasteiger partial charge in [-0.25, -0.2) is 19.3 Å². The Morgan fingerprint density at radius 1 is 1.12 bits per heavy atom. The number of nitrogens with zero attached hydrogens (tertiary/aromatic N) is 4. The molecule has 24 heteroatoms. The largest absolute Gasteiger partial charge is 1.00 e. The van der Waals surface area contributed by atoms with Crippen LogP contribution < -0.4 is 109 Å². The average molecular weight is 589 g/mol. The second kappa shape index (κ2) is 13.9. The monoisotopic (exact) mass is 589 g/mol. The van der Waals surface area contributed by atoms with E-state index in [1.807, 2.05) is 0 Å². The number of nitrogens with two attached hydrogens (primary N) is 1. The van der Waals surface area contributed by atoms with Crippen molar-refractivity contribution in [2.24, 2.45) is 0 Å². The fourth-order valence-electron chi connectivity index (χ4n) is 2.61. The number of aromatic nitrogens is 4. The normalized spacial score (nSPS) is 27.4. The zero-order valence-electron chi connectivity index (χ0n) is 17.8. The Balaban J connectivity index is 0.00000363. The molecule has 1 aliphatic rings. The molecule has 3 rings (SSSR count). The number of ether oxygens (including phenoxy) is 1. The van der Waals surface area contributed by atoms with Gasteiger partial charge >= 0.3 is 88.7 Å². The number of phosphoric acid groups is 2. The molecule has 2 aromatic heterocycles. The summed E-state index contributed by atoms with van der Waals surface area (Å²) in [6.45, 7) is -5.80. The number of rotatable bonds is 8. The van der Waals surface area contributed by atoms with Crippen molar-refractivity contribution in [1.29, 1.82) is 0 Å². The predicted octanol–water partition coefficient (Wildman–Crippen LogP) is -12.4. The molecule has 34 heavy (non-hydrogen) atoms. The number of nitrogen functional groups attached to an aromatic ring is 1. The molecule has 174 valence electrons. The average Bonchev–Trinajstić information content (AvgIpc) is 3.13. The maximum atomic E-state index is 12.0. The summed E-state index contributed by atoms with van der Waals surface area (Å²) in [6, 6.07) is 0. The molecule has 5 N–H and O–H groups in total. The van der Waals surface area contributed by atoms with Gasteiger partial charge in [0.1, 0.15) is 36.9 Å². The topological polar surface area (TPSA) is 271 Å². The second-order valence-corrected chi connectivity index (χ2v) is 11.6. The molecule has 0 amide bonds. The van der Waals surface area contributed by atoms with Crippen molar-refractivity contribution in [3.63, 3.8) is 0 Å². The van der Waals surface area contributed by atoms with Gasteiger partial charge in [0.05, 0.1) is 12.9 Å². The molecule has 0 aromatic carbocycles. The quantitative estimate of drug-likeness (QED) is 0.164. The van der Waals surface area contributed by atoms with E-state index < -0.39 is 53.5 Å². The van der Waals surface area contributed by atoms with Crippen molar-refractivity contribution >= 4 is 51.2 Å². The molecule has 3 unspecified atom stereocenters. The Labute approximate surface area is 262 Å². The van der Waals surface area contributed by atoms with Crippen LogP contribution in [-0.2, 0) is 38.8 Å². The van der Waals surface area contributed by atoms with Gasteiger partial charge in [-0.2, -0.15) is 0 Å². The summed E-state index contributed by atoms with van der Waals surface area (Å²) in [4.78, 5) is 53.9. The van der Waals surface area contributed by atoms with Gasteiger partial charge in [0, 0.05) is 0 Å². The molecule has 0 spiro atoms. The van der Waals surface area contributed by atoms with Crippen LogP contribution in [0, 0.1) is 0 Å². The molecular formula is C10H13N5Na3O12P3S. The minimum atomic E-state index is -5.87. The van der Waals surface area contributed by atoms with Crippen molar-refractivity contribution in [1.82, 2.24) is 19.5 Å². The Kier molecular flexibility index (Phi) is 14.8. The fourth-order valence-corrected chi connectivity index (χ4v) is 6.42. The van der Waals surface area contributed by atoms with E-state index in [-0.39, 0.29) is 106 Å². The Morgan fingerprint density at radius 3 is 2.32 bits per heavy atom. The summed E-state index contributed by atoms with van der Waals surface area (Å²) < 4.78 is 40.2. The third-order valence-electron chi connectivity index (χ3n) is 3.80. The van der Waals surface area contributed by atoms with Gasteiger partial charge in [0.25, 0.3) is 15.6 Å². The minimum Gasteiger partial charge on any atom is -0.779 e. The zero-order chi connectivity index (χ0) is 23.2. The van der Waals surface area contributed by atoms with E-state index in [1.54, 1.807) is 0 Å². The number of aliphatic hydroxyl groups is 2. The number of hydrogen-bond donors (Lipinski definition) is 4. The Bertz CT molecular complexity index is 1120. The Hall–Kier alpha value is 2.06. The van der Waals surface area contributed by atoms with Gasteiger partial charge in [0.2, 0.25) is 0 Å². The van der Waals surface area contributed by atoms with Crippen LogP contribution >= 0.6 is 22.4 Å². The first-order valence-corrected chi connectivity index (χ1v) is 13.4. The molecule has 2 aromatic rings. The summed E-state index contributed by atoms with van der Waals surface area (Å²) in [5.74, 6) is 0.0515. The van der Waals surface area contributed by atoms with Crippen LogP contribution in [0.15, 0.2) is 12.7 Å². The third-order valence-corrected chi connectivity index (χ3v) is 8.41. The van der Waals surface area contributed by atoms with Crippen LogP contribution in [0.5, 0.6) is 0 Å². The van der Waals surface area contributed by atoms with Crippen LogP contribution in [0.2, 0.25) is 0 Å². The van der Waals surface area contributed by atoms with E-state index in [0.717, 1.165) is 6.33 Å². The number of fused-ring (bicyclic) bond motifs is 1.